The Hall–Kier alpha value is -4.06. The second-order valence-corrected chi connectivity index (χ2v) is 12.4. The molecule has 202 valence electrons. The molecular weight excluding hydrogens is 503 g/mol. The highest BCUT2D eigenvalue weighted by Gasteiger charge is 2.53. The average molecular weight is 536 g/mol. The van der Waals surface area contributed by atoms with E-state index in [-0.39, 0.29) is 30.3 Å². The van der Waals surface area contributed by atoms with Crippen LogP contribution in [0.5, 0.6) is 0 Å². The van der Waals surface area contributed by atoms with Crippen LogP contribution in [0.2, 0.25) is 0 Å². The highest BCUT2D eigenvalue weighted by Crippen LogP contribution is 2.49. The van der Waals surface area contributed by atoms with Crippen LogP contribution in [-0.4, -0.2) is 28.9 Å². The first-order valence-corrected chi connectivity index (χ1v) is 14.5. The molecule has 2 unspecified atom stereocenters. The Bertz CT molecular complexity index is 1810. The number of rotatable bonds is 3. The van der Waals surface area contributed by atoms with Crippen LogP contribution in [0, 0.1) is 0 Å². The van der Waals surface area contributed by atoms with E-state index in [4.69, 9.17) is 9.31 Å². The smallest absolute Gasteiger partial charge is 0.399 e. The van der Waals surface area contributed by atoms with Gasteiger partial charge in [-0.2, -0.15) is 0 Å². The van der Waals surface area contributed by atoms with E-state index < -0.39 is 0 Å². The Morgan fingerprint density at radius 1 is 0.659 bits per heavy atom. The van der Waals surface area contributed by atoms with E-state index in [1.165, 1.54) is 38.7 Å². The summed E-state index contributed by atoms with van der Waals surface area (Å²) in [6, 6.07) is 35.3. The lowest BCUT2D eigenvalue weighted by Crippen LogP contribution is -2.41. The quantitative estimate of drug-likeness (QED) is 0.216. The Labute approximate surface area is 241 Å². The van der Waals surface area contributed by atoms with Crippen LogP contribution in [0.3, 0.4) is 0 Å². The minimum Gasteiger partial charge on any atom is -0.399 e. The lowest BCUT2D eigenvalue weighted by molar-refractivity contribution is 0.00578. The van der Waals surface area contributed by atoms with E-state index in [1.54, 1.807) is 0 Å². The van der Waals surface area contributed by atoms with Gasteiger partial charge in [0, 0.05) is 33.8 Å². The molecule has 1 fully saturated rings. The molecule has 1 aliphatic carbocycles. The first-order chi connectivity index (χ1) is 19.8. The summed E-state index contributed by atoms with van der Waals surface area (Å²) < 4.78 is 15.2. The minimum atomic E-state index is -0.360. The maximum Gasteiger partial charge on any atom is 0.494 e. The van der Waals surface area contributed by atoms with E-state index in [9.17, 15) is 0 Å². The van der Waals surface area contributed by atoms with Gasteiger partial charge in [0.1, 0.15) is 0 Å². The van der Waals surface area contributed by atoms with Crippen LogP contribution >= 0.6 is 0 Å². The van der Waals surface area contributed by atoms with Gasteiger partial charge in [0.2, 0.25) is 0 Å². The molecule has 0 radical (unpaired) electrons. The van der Waals surface area contributed by atoms with Crippen LogP contribution in [0.15, 0.2) is 121 Å². The van der Waals surface area contributed by atoms with Crippen molar-refractivity contribution >= 4 is 40.3 Å². The third kappa shape index (κ3) is 3.62. The van der Waals surface area contributed by atoms with E-state index in [0.29, 0.717) is 0 Å². The first-order valence-electron chi connectivity index (χ1n) is 14.5. The van der Waals surface area contributed by atoms with Gasteiger partial charge in [-0.25, -0.2) is 0 Å². The number of allylic oxidation sites excluding steroid dienone is 2. The Kier molecular flexibility index (Phi) is 5.26. The summed E-state index contributed by atoms with van der Waals surface area (Å²) in [5.41, 5.74) is 7.77. The topological polar surface area (TPSA) is 26.6 Å². The fraction of sp³-hybridized carbons (Fsp3) is 0.222. The standard InChI is InChI=1S/C36H33BN2O2/c1-35(2)36(3,4)41-37(40-35)24-17-22-34-30(23-24)29-13-7-10-16-33(29)39(34)26-20-18-25(19-21-26)38-31-14-8-5-11-27(31)28-12-6-9-15-32(28)38/h5-23,30,34H,1-4H3. The normalized spacial score (nSPS) is 22.3. The SMILES string of the molecule is CC1(C)OB(C2=CC3c4ccccc4N(c4ccc(-n5c6ccccc6c6ccccc65)cc4)C3C=C2)OC1(C)C. The van der Waals surface area contributed by atoms with Crippen molar-refractivity contribution < 1.29 is 9.31 Å². The number of hydrogen-bond acceptors (Lipinski definition) is 3. The number of benzene rings is 4. The molecule has 0 N–H and O–H groups in total. The predicted octanol–water partition coefficient (Wildman–Crippen LogP) is 8.52. The number of nitrogens with zero attached hydrogens (tertiary/aromatic N) is 2. The van der Waals surface area contributed by atoms with Crippen molar-refractivity contribution in [2.75, 3.05) is 4.90 Å². The van der Waals surface area contributed by atoms with E-state index in [1.807, 2.05) is 0 Å². The van der Waals surface area contributed by atoms with Gasteiger partial charge in [-0.05, 0) is 81.2 Å². The molecular formula is C36H33BN2O2. The number of para-hydroxylation sites is 3. The van der Waals surface area contributed by atoms with E-state index >= 15 is 0 Å². The maximum absolute atomic E-state index is 6.40. The molecule has 8 rings (SSSR count). The van der Waals surface area contributed by atoms with Crippen LogP contribution < -0.4 is 4.90 Å². The van der Waals surface area contributed by atoms with Gasteiger partial charge in [-0.1, -0.05) is 72.8 Å². The number of aromatic nitrogens is 1. The Balaban J connectivity index is 1.17. The molecule has 3 aliphatic rings. The number of fused-ring (bicyclic) bond motifs is 6. The summed E-state index contributed by atoms with van der Waals surface area (Å²) in [5, 5.41) is 2.56. The van der Waals surface area contributed by atoms with Crippen molar-refractivity contribution in [3.63, 3.8) is 0 Å². The van der Waals surface area contributed by atoms with Gasteiger partial charge in [0.25, 0.3) is 0 Å². The predicted molar refractivity (Wildman–Crippen MR) is 169 cm³/mol. The van der Waals surface area contributed by atoms with Crippen LogP contribution in [-0.2, 0) is 9.31 Å². The summed E-state index contributed by atoms with van der Waals surface area (Å²) >= 11 is 0. The van der Waals surface area contributed by atoms with Crippen LogP contribution in [0.1, 0.15) is 39.2 Å². The van der Waals surface area contributed by atoms with Gasteiger partial charge >= 0.3 is 7.12 Å². The van der Waals surface area contributed by atoms with E-state index in [2.05, 4.69) is 152 Å². The molecule has 0 saturated carbocycles. The molecule has 41 heavy (non-hydrogen) atoms. The number of hydrogen-bond donors (Lipinski definition) is 0. The van der Waals surface area contributed by atoms with Crippen molar-refractivity contribution in [1.82, 2.24) is 4.57 Å². The fourth-order valence-electron chi connectivity index (χ4n) is 6.77. The summed E-state index contributed by atoms with van der Waals surface area (Å²) in [6.07, 6.45) is 6.89. The Morgan fingerprint density at radius 2 is 1.22 bits per heavy atom. The molecule has 5 aromatic rings. The van der Waals surface area contributed by atoms with Gasteiger partial charge in [0.05, 0.1) is 28.3 Å². The average Bonchev–Trinajstić information content (AvgIpc) is 3.57. The second-order valence-electron chi connectivity index (χ2n) is 12.4. The van der Waals surface area contributed by atoms with Crippen molar-refractivity contribution in [1.29, 1.82) is 0 Å². The lowest BCUT2D eigenvalue weighted by atomic mass is 9.72. The van der Waals surface area contributed by atoms with Crippen molar-refractivity contribution in [2.24, 2.45) is 0 Å². The van der Waals surface area contributed by atoms with Crippen molar-refractivity contribution in [2.45, 2.75) is 50.9 Å². The summed E-state index contributed by atoms with van der Waals surface area (Å²) in [5.74, 6) is 0.224. The molecule has 5 heteroatoms. The van der Waals surface area contributed by atoms with Crippen LogP contribution in [0.4, 0.5) is 11.4 Å². The van der Waals surface area contributed by atoms with Gasteiger partial charge in [0.15, 0.2) is 0 Å². The molecule has 2 atom stereocenters. The molecule has 0 amide bonds. The molecule has 4 nitrogen and oxygen atoms in total. The zero-order valence-corrected chi connectivity index (χ0v) is 23.9. The highest BCUT2D eigenvalue weighted by atomic mass is 16.7. The van der Waals surface area contributed by atoms with Crippen molar-refractivity contribution in [3.8, 4) is 5.69 Å². The first kappa shape index (κ1) is 24.7. The third-order valence-corrected chi connectivity index (χ3v) is 9.57. The highest BCUT2D eigenvalue weighted by molar-refractivity contribution is 6.55. The fourth-order valence-corrected chi connectivity index (χ4v) is 6.77. The molecule has 0 bridgehead atoms. The van der Waals surface area contributed by atoms with Crippen molar-refractivity contribution in [3.05, 3.63) is 126 Å². The zero-order chi connectivity index (χ0) is 27.9. The minimum absolute atomic E-state index is 0.192. The Morgan fingerprint density at radius 3 is 1.88 bits per heavy atom. The zero-order valence-electron chi connectivity index (χ0n) is 23.9. The maximum atomic E-state index is 6.40. The van der Waals surface area contributed by atoms with Gasteiger partial charge < -0.3 is 18.8 Å². The van der Waals surface area contributed by atoms with Gasteiger partial charge in [-0.3, -0.25) is 0 Å². The monoisotopic (exact) mass is 536 g/mol. The summed E-state index contributed by atoms with van der Waals surface area (Å²) in [7, 11) is -0.357. The molecule has 1 aromatic heterocycles. The second kappa shape index (κ2) is 8.72. The molecule has 4 aromatic carbocycles. The molecule has 3 heterocycles. The summed E-state index contributed by atoms with van der Waals surface area (Å²) in [6.45, 7) is 8.44. The molecule has 2 aliphatic heterocycles. The summed E-state index contributed by atoms with van der Waals surface area (Å²) in [4.78, 5) is 2.48. The largest absolute Gasteiger partial charge is 0.494 e. The lowest BCUT2D eigenvalue weighted by Gasteiger charge is -2.32. The molecule has 0 spiro atoms. The van der Waals surface area contributed by atoms with Gasteiger partial charge in [-0.15, -0.1) is 0 Å². The third-order valence-electron chi connectivity index (χ3n) is 9.57. The molecule has 1 saturated heterocycles. The van der Waals surface area contributed by atoms with E-state index in [0.717, 1.165) is 11.2 Å². The number of anilines is 2. The van der Waals surface area contributed by atoms with Crippen LogP contribution in [0.25, 0.3) is 27.5 Å².